The number of primary sulfonamides is 1. The summed E-state index contributed by atoms with van der Waals surface area (Å²) >= 11 is 5.72. The Labute approximate surface area is 116 Å². The van der Waals surface area contributed by atoms with E-state index in [-0.39, 0.29) is 4.90 Å². The van der Waals surface area contributed by atoms with E-state index in [1.54, 1.807) is 18.5 Å². The third kappa shape index (κ3) is 3.52. The van der Waals surface area contributed by atoms with Gasteiger partial charge in [0.1, 0.15) is 12.2 Å². The zero-order valence-electron chi connectivity index (χ0n) is 10.0. The van der Waals surface area contributed by atoms with Gasteiger partial charge in [-0.1, -0.05) is 12.1 Å². The summed E-state index contributed by atoms with van der Waals surface area (Å²) in [5.74, 6) is 1.02. The van der Waals surface area contributed by atoms with Crippen molar-refractivity contribution in [3.05, 3.63) is 42.0 Å². The molecule has 0 radical (unpaired) electrons. The first-order valence-corrected chi connectivity index (χ1v) is 7.63. The zero-order chi connectivity index (χ0) is 13.9. The SMILES string of the molecule is NS(=O)(=O)c1ccc(CCn2cnnc2CCl)cc1. The van der Waals surface area contributed by atoms with Crippen LogP contribution in [0.4, 0.5) is 0 Å². The lowest BCUT2D eigenvalue weighted by atomic mass is 10.1. The maximum absolute atomic E-state index is 11.1. The van der Waals surface area contributed by atoms with Gasteiger partial charge in [-0.25, -0.2) is 13.6 Å². The molecule has 0 unspecified atom stereocenters. The average Bonchev–Trinajstić information content (AvgIpc) is 2.83. The highest BCUT2D eigenvalue weighted by atomic mass is 35.5. The molecule has 0 amide bonds. The van der Waals surface area contributed by atoms with E-state index in [2.05, 4.69) is 10.2 Å². The van der Waals surface area contributed by atoms with Crippen LogP contribution in [0.25, 0.3) is 0 Å². The van der Waals surface area contributed by atoms with Crippen LogP contribution >= 0.6 is 11.6 Å². The van der Waals surface area contributed by atoms with E-state index in [1.165, 1.54) is 12.1 Å². The van der Waals surface area contributed by atoms with Crippen molar-refractivity contribution in [2.45, 2.75) is 23.7 Å². The quantitative estimate of drug-likeness (QED) is 0.831. The monoisotopic (exact) mass is 300 g/mol. The van der Waals surface area contributed by atoms with Gasteiger partial charge in [0.15, 0.2) is 0 Å². The number of nitrogens with two attached hydrogens (primary N) is 1. The fourth-order valence-corrected chi connectivity index (χ4v) is 2.39. The normalized spacial score (nSPS) is 11.7. The molecule has 0 atom stereocenters. The molecular formula is C11H13ClN4O2S. The van der Waals surface area contributed by atoms with Gasteiger partial charge < -0.3 is 4.57 Å². The van der Waals surface area contributed by atoms with Gasteiger partial charge in [0.2, 0.25) is 10.0 Å². The molecular weight excluding hydrogens is 288 g/mol. The Morgan fingerprint density at radius 3 is 2.53 bits per heavy atom. The Bertz CT molecular complexity index is 652. The summed E-state index contributed by atoms with van der Waals surface area (Å²) in [6.45, 7) is 0.684. The van der Waals surface area contributed by atoms with Crippen molar-refractivity contribution in [1.82, 2.24) is 14.8 Å². The maximum Gasteiger partial charge on any atom is 0.238 e. The van der Waals surface area contributed by atoms with Crippen molar-refractivity contribution in [3.8, 4) is 0 Å². The zero-order valence-corrected chi connectivity index (χ0v) is 11.6. The summed E-state index contributed by atoms with van der Waals surface area (Å²) in [5, 5.41) is 12.7. The van der Waals surface area contributed by atoms with E-state index in [4.69, 9.17) is 16.7 Å². The van der Waals surface area contributed by atoms with Crippen molar-refractivity contribution in [2.75, 3.05) is 0 Å². The number of nitrogens with zero attached hydrogens (tertiary/aromatic N) is 3. The molecule has 102 valence electrons. The molecule has 0 aliphatic carbocycles. The topological polar surface area (TPSA) is 90.9 Å². The minimum atomic E-state index is -3.63. The number of sulfonamides is 1. The van der Waals surface area contributed by atoms with Gasteiger partial charge in [-0.05, 0) is 24.1 Å². The first-order chi connectivity index (χ1) is 9.00. The van der Waals surface area contributed by atoms with Crippen molar-refractivity contribution < 1.29 is 8.42 Å². The molecule has 19 heavy (non-hydrogen) atoms. The number of alkyl halides is 1. The Morgan fingerprint density at radius 1 is 1.26 bits per heavy atom. The number of rotatable bonds is 5. The minimum absolute atomic E-state index is 0.113. The molecule has 2 rings (SSSR count). The highest BCUT2D eigenvalue weighted by molar-refractivity contribution is 7.89. The number of hydrogen-bond acceptors (Lipinski definition) is 4. The highest BCUT2D eigenvalue weighted by Crippen LogP contribution is 2.10. The number of aryl methyl sites for hydroxylation is 2. The maximum atomic E-state index is 11.1. The molecule has 0 saturated heterocycles. The second-order valence-electron chi connectivity index (χ2n) is 4.01. The summed E-state index contributed by atoms with van der Waals surface area (Å²) in [4.78, 5) is 0.113. The second-order valence-corrected chi connectivity index (χ2v) is 5.84. The molecule has 2 aromatic rings. The van der Waals surface area contributed by atoms with E-state index in [0.29, 0.717) is 18.2 Å². The van der Waals surface area contributed by atoms with Gasteiger partial charge in [-0.15, -0.1) is 21.8 Å². The van der Waals surface area contributed by atoms with Gasteiger partial charge in [-0.2, -0.15) is 0 Å². The molecule has 0 fully saturated rings. The molecule has 6 nitrogen and oxygen atoms in total. The van der Waals surface area contributed by atoms with Gasteiger partial charge in [0.05, 0.1) is 10.8 Å². The van der Waals surface area contributed by atoms with Crippen molar-refractivity contribution in [3.63, 3.8) is 0 Å². The Balaban J connectivity index is 2.05. The van der Waals surface area contributed by atoms with Crippen LogP contribution in [0.2, 0.25) is 0 Å². The molecule has 8 heteroatoms. The first kappa shape index (κ1) is 14.0. The Hall–Kier alpha value is -1.44. The van der Waals surface area contributed by atoms with E-state index >= 15 is 0 Å². The molecule has 0 bridgehead atoms. The number of hydrogen-bond donors (Lipinski definition) is 1. The van der Waals surface area contributed by atoms with Crippen LogP contribution in [-0.4, -0.2) is 23.2 Å². The van der Waals surface area contributed by atoms with Gasteiger partial charge >= 0.3 is 0 Å². The Kier molecular flexibility index (Phi) is 4.18. The average molecular weight is 301 g/mol. The highest BCUT2D eigenvalue weighted by Gasteiger charge is 2.07. The lowest BCUT2D eigenvalue weighted by Gasteiger charge is -2.05. The number of benzene rings is 1. The van der Waals surface area contributed by atoms with Crippen LogP contribution in [0.1, 0.15) is 11.4 Å². The summed E-state index contributed by atoms with van der Waals surface area (Å²) in [5.41, 5.74) is 1.00. The van der Waals surface area contributed by atoms with Crippen LogP contribution in [0.15, 0.2) is 35.5 Å². The fourth-order valence-electron chi connectivity index (χ4n) is 1.66. The summed E-state index contributed by atoms with van der Waals surface area (Å²) in [6.07, 6.45) is 2.35. The van der Waals surface area contributed by atoms with Crippen LogP contribution < -0.4 is 5.14 Å². The van der Waals surface area contributed by atoms with E-state index in [0.717, 1.165) is 12.0 Å². The molecule has 2 N–H and O–H groups in total. The number of aromatic nitrogens is 3. The van der Waals surface area contributed by atoms with Crippen molar-refractivity contribution >= 4 is 21.6 Å². The van der Waals surface area contributed by atoms with Crippen LogP contribution in [0.5, 0.6) is 0 Å². The summed E-state index contributed by atoms with van der Waals surface area (Å²) in [7, 11) is -3.63. The molecule has 0 aliphatic rings. The van der Waals surface area contributed by atoms with E-state index in [9.17, 15) is 8.42 Å². The molecule has 1 aromatic heterocycles. The van der Waals surface area contributed by atoms with Gasteiger partial charge in [0.25, 0.3) is 0 Å². The third-order valence-electron chi connectivity index (χ3n) is 2.71. The van der Waals surface area contributed by atoms with Crippen LogP contribution in [0, 0.1) is 0 Å². The minimum Gasteiger partial charge on any atom is -0.316 e. The van der Waals surface area contributed by atoms with Crippen LogP contribution in [0.3, 0.4) is 0 Å². The molecule has 0 aliphatic heterocycles. The van der Waals surface area contributed by atoms with E-state index in [1.807, 2.05) is 4.57 Å². The second kappa shape index (κ2) is 5.68. The Morgan fingerprint density at radius 2 is 1.95 bits per heavy atom. The molecule has 0 saturated carbocycles. The smallest absolute Gasteiger partial charge is 0.238 e. The van der Waals surface area contributed by atoms with Crippen LogP contribution in [-0.2, 0) is 28.9 Å². The van der Waals surface area contributed by atoms with Crippen molar-refractivity contribution in [2.24, 2.45) is 5.14 Å². The standard InChI is InChI=1S/C11H13ClN4O2S/c12-7-11-15-14-8-16(11)6-5-9-1-3-10(4-2-9)19(13,17)18/h1-4,8H,5-7H2,(H2,13,17,18). The fraction of sp³-hybridized carbons (Fsp3) is 0.273. The largest absolute Gasteiger partial charge is 0.316 e. The van der Waals surface area contributed by atoms with Crippen molar-refractivity contribution in [1.29, 1.82) is 0 Å². The third-order valence-corrected chi connectivity index (χ3v) is 3.88. The summed E-state index contributed by atoms with van der Waals surface area (Å²) < 4.78 is 24.1. The predicted molar refractivity (Wildman–Crippen MR) is 71.1 cm³/mol. The molecule has 1 heterocycles. The van der Waals surface area contributed by atoms with E-state index < -0.39 is 10.0 Å². The molecule has 0 spiro atoms. The molecule has 1 aromatic carbocycles. The lowest BCUT2D eigenvalue weighted by Crippen LogP contribution is -2.12. The predicted octanol–water partition coefficient (Wildman–Crippen LogP) is 0.907. The number of halogens is 1. The summed E-state index contributed by atoms with van der Waals surface area (Å²) in [6, 6.07) is 6.48. The van der Waals surface area contributed by atoms with Gasteiger partial charge in [-0.3, -0.25) is 0 Å². The lowest BCUT2D eigenvalue weighted by molar-refractivity contribution is 0.597. The van der Waals surface area contributed by atoms with Gasteiger partial charge in [0, 0.05) is 6.54 Å². The first-order valence-electron chi connectivity index (χ1n) is 5.55.